The standard InChI is InChI=1S/C10H11N3S2/c1-4-15-9-8(1)11-7-12-10(9)13-2-5-14-6-3-13/h1,4,7H,2-3,5-6H2. The Hall–Kier alpha value is -0.810. The third-order valence-corrected chi connectivity index (χ3v) is 4.38. The molecule has 0 aliphatic carbocycles. The van der Waals surface area contributed by atoms with Gasteiger partial charge in [-0.05, 0) is 11.4 Å². The predicted octanol–water partition coefficient (Wildman–Crippen LogP) is 2.24. The quantitative estimate of drug-likeness (QED) is 0.760. The van der Waals surface area contributed by atoms with Gasteiger partial charge >= 0.3 is 0 Å². The van der Waals surface area contributed by atoms with Crippen LogP contribution in [0.1, 0.15) is 0 Å². The molecule has 0 bridgehead atoms. The molecule has 2 aromatic heterocycles. The molecule has 3 heterocycles. The first-order valence-corrected chi connectivity index (χ1v) is 6.99. The first-order chi connectivity index (χ1) is 7.45. The molecule has 1 fully saturated rings. The molecule has 3 rings (SSSR count). The van der Waals surface area contributed by atoms with Crippen molar-refractivity contribution in [3.63, 3.8) is 0 Å². The first kappa shape index (κ1) is 9.42. The molecule has 1 aliphatic heterocycles. The van der Waals surface area contributed by atoms with Crippen LogP contribution in [0, 0.1) is 0 Å². The maximum Gasteiger partial charge on any atom is 0.150 e. The van der Waals surface area contributed by atoms with Gasteiger partial charge in [-0.25, -0.2) is 9.97 Å². The number of hydrogen-bond acceptors (Lipinski definition) is 5. The molecule has 1 saturated heterocycles. The molecule has 0 aromatic carbocycles. The normalized spacial score (nSPS) is 17.2. The van der Waals surface area contributed by atoms with Crippen LogP contribution >= 0.6 is 23.1 Å². The third kappa shape index (κ3) is 1.70. The van der Waals surface area contributed by atoms with Gasteiger partial charge in [0, 0.05) is 24.6 Å². The fourth-order valence-electron chi connectivity index (χ4n) is 1.78. The SMILES string of the molecule is c1nc(N2CCSCC2)c2sccc2n1. The van der Waals surface area contributed by atoms with E-state index in [1.807, 2.05) is 11.8 Å². The van der Waals surface area contributed by atoms with Gasteiger partial charge in [-0.1, -0.05) is 0 Å². The van der Waals surface area contributed by atoms with Crippen LogP contribution < -0.4 is 4.90 Å². The van der Waals surface area contributed by atoms with Crippen molar-refractivity contribution in [3.8, 4) is 0 Å². The van der Waals surface area contributed by atoms with Gasteiger partial charge in [-0.2, -0.15) is 11.8 Å². The number of aromatic nitrogens is 2. The zero-order valence-corrected chi connectivity index (χ0v) is 9.85. The van der Waals surface area contributed by atoms with Crippen molar-refractivity contribution in [2.75, 3.05) is 29.5 Å². The summed E-state index contributed by atoms with van der Waals surface area (Å²) in [6.07, 6.45) is 1.67. The number of rotatable bonds is 1. The Morgan fingerprint density at radius 3 is 2.93 bits per heavy atom. The number of nitrogens with zero attached hydrogens (tertiary/aromatic N) is 3. The van der Waals surface area contributed by atoms with Crippen molar-refractivity contribution in [1.29, 1.82) is 0 Å². The number of anilines is 1. The Morgan fingerprint density at radius 1 is 1.20 bits per heavy atom. The second-order valence-corrected chi connectivity index (χ2v) is 5.57. The molecule has 0 radical (unpaired) electrons. The molecule has 78 valence electrons. The van der Waals surface area contributed by atoms with Crippen LogP contribution in [-0.4, -0.2) is 34.6 Å². The van der Waals surface area contributed by atoms with E-state index in [4.69, 9.17) is 0 Å². The van der Waals surface area contributed by atoms with Gasteiger partial charge in [0.1, 0.15) is 12.1 Å². The van der Waals surface area contributed by atoms with Crippen LogP contribution in [0.2, 0.25) is 0 Å². The minimum absolute atomic E-state index is 1.07. The van der Waals surface area contributed by atoms with E-state index in [2.05, 4.69) is 26.3 Å². The molecule has 5 heteroatoms. The lowest BCUT2D eigenvalue weighted by Crippen LogP contribution is -2.33. The van der Waals surface area contributed by atoms with E-state index in [1.54, 1.807) is 17.7 Å². The highest BCUT2D eigenvalue weighted by Gasteiger charge is 2.15. The number of thiophene rings is 1. The van der Waals surface area contributed by atoms with Crippen LogP contribution in [0.25, 0.3) is 10.2 Å². The molecular formula is C10H11N3S2. The largest absolute Gasteiger partial charge is 0.354 e. The Labute approximate surface area is 96.5 Å². The molecule has 0 amide bonds. The molecule has 3 nitrogen and oxygen atoms in total. The number of hydrogen-bond donors (Lipinski definition) is 0. The fraction of sp³-hybridized carbons (Fsp3) is 0.400. The van der Waals surface area contributed by atoms with Crippen LogP contribution in [0.4, 0.5) is 5.82 Å². The van der Waals surface area contributed by atoms with Gasteiger partial charge in [-0.15, -0.1) is 11.3 Å². The highest BCUT2D eigenvalue weighted by molar-refractivity contribution is 7.99. The number of fused-ring (bicyclic) bond motifs is 1. The molecule has 0 spiro atoms. The predicted molar refractivity (Wildman–Crippen MR) is 67.0 cm³/mol. The Bertz CT molecular complexity index is 462. The van der Waals surface area contributed by atoms with Crippen molar-refractivity contribution in [2.24, 2.45) is 0 Å². The van der Waals surface area contributed by atoms with E-state index in [-0.39, 0.29) is 0 Å². The van der Waals surface area contributed by atoms with E-state index in [1.165, 1.54) is 16.2 Å². The molecule has 0 unspecified atom stereocenters. The molecule has 0 N–H and O–H groups in total. The Morgan fingerprint density at radius 2 is 2.07 bits per heavy atom. The highest BCUT2D eigenvalue weighted by atomic mass is 32.2. The fourth-order valence-corrected chi connectivity index (χ4v) is 3.54. The lowest BCUT2D eigenvalue weighted by Gasteiger charge is -2.27. The lowest BCUT2D eigenvalue weighted by atomic mass is 10.4. The summed E-state index contributed by atoms with van der Waals surface area (Å²) in [6.45, 7) is 2.21. The second-order valence-electron chi connectivity index (χ2n) is 3.43. The van der Waals surface area contributed by atoms with Crippen molar-refractivity contribution in [1.82, 2.24) is 9.97 Å². The summed E-state index contributed by atoms with van der Waals surface area (Å²) in [6, 6.07) is 2.06. The Balaban J connectivity index is 2.05. The summed E-state index contributed by atoms with van der Waals surface area (Å²) in [7, 11) is 0. The van der Waals surface area contributed by atoms with Crippen LogP contribution in [-0.2, 0) is 0 Å². The van der Waals surface area contributed by atoms with Gasteiger partial charge in [0.25, 0.3) is 0 Å². The van der Waals surface area contributed by atoms with Crippen LogP contribution in [0.3, 0.4) is 0 Å². The maximum absolute atomic E-state index is 4.42. The van der Waals surface area contributed by atoms with E-state index in [0.29, 0.717) is 0 Å². The summed E-state index contributed by atoms with van der Waals surface area (Å²) in [4.78, 5) is 11.1. The van der Waals surface area contributed by atoms with Gasteiger partial charge in [0.2, 0.25) is 0 Å². The zero-order valence-electron chi connectivity index (χ0n) is 8.22. The molecule has 0 atom stereocenters. The molecule has 1 aliphatic rings. The average Bonchev–Trinajstić information content (AvgIpc) is 2.78. The average molecular weight is 237 g/mol. The van der Waals surface area contributed by atoms with E-state index in [0.717, 1.165) is 24.4 Å². The maximum atomic E-state index is 4.42. The lowest BCUT2D eigenvalue weighted by molar-refractivity contribution is 0.843. The van der Waals surface area contributed by atoms with Gasteiger partial charge in [0.05, 0.1) is 10.2 Å². The van der Waals surface area contributed by atoms with Crippen LogP contribution in [0.15, 0.2) is 17.8 Å². The van der Waals surface area contributed by atoms with Gasteiger partial charge in [-0.3, -0.25) is 0 Å². The van der Waals surface area contributed by atoms with Crippen molar-refractivity contribution < 1.29 is 0 Å². The van der Waals surface area contributed by atoms with E-state index >= 15 is 0 Å². The Kier molecular flexibility index (Phi) is 2.50. The molecular weight excluding hydrogens is 226 g/mol. The van der Waals surface area contributed by atoms with Crippen molar-refractivity contribution in [3.05, 3.63) is 17.8 Å². The first-order valence-electron chi connectivity index (χ1n) is 4.96. The third-order valence-electron chi connectivity index (χ3n) is 2.53. The molecule has 2 aromatic rings. The van der Waals surface area contributed by atoms with Crippen LogP contribution in [0.5, 0.6) is 0 Å². The van der Waals surface area contributed by atoms with Gasteiger partial charge < -0.3 is 4.90 Å². The second kappa shape index (κ2) is 3.98. The molecule has 15 heavy (non-hydrogen) atoms. The minimum Gasteiger partial charge on any atom is -0.354 e. The minimum atomic E-state index is 1.07. The highest BCUT2D eigenvalue weighted by Crippen LogP contribution is 2.29. The monoisotopic (exact) mass is 237 g/mol. The van der Waals surface area contributed by atoms with Crippen molar-refractivity contribution >= 4 is 39.1 Å². The van der Waals surface area contributed by atoms with E-state index < -0.39 is 0 Å². The van der Waals surface area contributed by atoms with Crippen molar-refractivity contribution in [2.45, 2.75) is 0 Å². The smallest absolute Gasteiger partial charge is 0.150 e. The van der Waals surface area contributed by atoms with E-state index in [9.17, 15) is 0 Å². The topological polar surface area (TPSA) is 29.0 Å². The zero-order chi connectivity index (χ0) is 10.1. The summed E-state index contributed by atoms with van der Waals surface area (Å²) < 4.78 is 1.23. The number of thioether (sulfide) groups is 1. The summed E-state index contributed by atoms with van der Waals surface area (Å²) in [5.74, 6) is 3.53. The summed E-state index contributed by atoms with van der Waals surface area (Å²) >= 11 is 3.75. The summed E-state index contributed by atoms with van der Waals surface area (Å²) in [5, 5.41) is 2.08. The summed E-state index contributed by atoms with van der Waals surface area (Å²) in [5.41, 5.74) is 1.07. The molecule has 0 saturated carbocycles. The van der Waals surface area contributed by atoms with Gasteiger partial charge in [0.15, 0.2) is 0 Å².